The van der Waals surface area contributed by atoms with Gasteiger partial charge in [-0.05, 0) is 13.3 Å². The Morgan fingerprint density at radius 1 is 1.31 bits per heavy atom. The molecule has 0 aromatic heterocycles. The third kappa shape index (κ3) is 4.47. The van der Waals surface area contributed by atoms with E-state index in [1.165, 1.54) is 0 Å². The molecule has 0 fully saturated rings. The monoisotopic (exact) mass is 228 g/mol. The molecule has 0 aliphatic carbocycles. The van der Waals surface area contributed by atoms with Gasteiger partial charge >= 0.3 is 0 Å². The van der Waals surface area contributed by atoms with Gasteiger partial charge < -0.3 is 14.6 Å². The minimum atomic E-state index is -0.341. The van der Waals surface area contributed by atoms with Crippen molar-refractivity contribution in [3.8, 4) is 0 Å². The second-order valence-corrected chi connectivity index (χ2v) is 3.94. The van der Waals surface area contributed by atoms with Crippen LogP contribution in [0.3, 0.4) is 0 Å². The first-order valence-electron chi connectivity index (χ1n) is 5.68. The van der Waals surface area contributed by atoms with Crippen LogP contribution in [0.2, 0.25) is 0 Å². The van der Waals surface area contributed by atoms with E-state index >= 15 is 0 Å². The molecule has 0 bridgehead atoms. The highest BCUT2D eigenvalue weighted by molar-refractivity contribution is 4.85. The molecule has 16 heavy (non-hydrogen) atoms. The van der Waals surface area contributed by atoms with Gasteiger partial charge in [0, 0.05) is 5.41 Å². The largest absolute Gasteiger partial charge is 0.396 e. The van der Waals surface area contributed by atoms with Crippen LogP contribution in [0.5, 0.6) is 0 Å². The molecule has 0 aliphatic rings. The van der Waals surface area contributed by atoms with Gasteiger partial charge in [0.2, 0.25) is 0 Å². The highest BCUT2D eigenvalue weighted by Gasteiger charge is 2.35. The maximum Gasteiger partial charge on any atom is 0.0651 e. The molecule has 1 N–H and O–H groups in total. The van der Waals surface area contributed by atoms with Crippen molar-refractivity contribution in [1.82, 2.24) is 0 Å². The highest BCUT2D eigenvalue weighted by Crippen LogP contribution is 2.28. The standard InChI is InChI=1S/C13H24O3/c1-5-8-15-11-13(7-3,10-14)12(4)16-9-6-2/h5-6,12,14H,1-2,7-11H2,3-4H3. The highest BCUT2D eigenvalue weighted by atomic mass is 16.5. The number of aliphatic hydroxyl groups is 1. The van der Waals surface area contributed by atoms with E-state index in [9.17, 15) is 5.11 Å². The lowest BCUT2D eigenvalue weighted by molar-refractivity contribution is -0.0893. The Bertz CT molecular complexity index is 197. The van der Waals surface area contributed by atoms with Gasteiger partial charge in [-0.1, -0.05) is 19.1 Å². The summed E-state index contributed by atoms with van der Waals surface area (Å²) in [6, 6.07) is 0. The zero-order valence-corrected chi connectivity index (χ0v) is 10.4. The Balaban J connectivity index is 4.38. The Hall–Kier alpha value is -0.640. The normalized spacial score (nSPS) is 16.4. The van der Waals surface area contributed by atoms with Crippen LogP contribution in [0.1, 0.15) is 20.3 Å². The fraction of sp³-hybridized carbons (Fsp3) is 0.692. The zero-order chi connectivity index (χ0) is 12.4. The van der Waals surface area contributed by atoms with Crippen molar-refractivity contribution in [3.05, 3.63) is 25.3 Å². The van der Waals surface area contributed by atoms with E-state index in [4.69, 9.17) is 9.47 Å². The molecule has 0 heterocycles. The summed E-state index contributed by atoms with van der Waals surface area (Å²) in [5.74, 6) is 0. The SMILES string of the molecule is C=CCOCC(CC)(CO)C(C)OCC=C. The Kier molecular flexibility index (Phi) is 8.16. The van der Waals surface area contributed by atoms with Gasteiger partial charge in [0.25, 0.3) is 0 Å². The quantitative estimate of drug-likeness (QED) is 0.460. The molecule has 0 radical (unpaired) electrons. The van der Waals surface area contributed by atoms with Crippen LogP contribution in [-0.4, -0.2) is 37.6 Å². The van der Waals surface area contributed by atoms with Gasteiger partial charge in [0.1, 0.15) is 0 Å². The number of hydrogen-bond acceptors (Lipinski definition) is 3. The molecule has 0 aromatic carbocycles. The minimum absolute atomic E-state index is 0.0545. The van der Waals surface area contributed by atoms with Crippen LogP contribution in [-0.2, 0) is 9.47 Å². The predicted octanol–water partition coefficient (Wildman–Crippen LogP) is 2.17. The van der Waals surface area contributed by atoms with Gasteiger partial charge in [0.05, 0.1) is 32.5 Å². The second kappa shape index (κ2) is 8.50. The molecule has 0 amide bonds. The topological polar surface area (TPSA) is 38.7 Å². The maximum absolute atomic E-state index is 9.53. The second-order valence-electron chi connectivity index (χ2n) is 3.94. The summed E-state index contributed by atoms with van der Waals surface area (Å²) in [5.41, 5.74) is -0.341. The lowest BCUT2D eigenvalue weighted by Gasteiger charge is -2.36. The van der Waals surface area contributed by atoms with Crippen molar-refractivity contribution in [3.63, 3.8) is 0 Å². The molecule has 0 saturated heterocycles. The molecule has 0 rings (SSSR count). The molecule has 0 aliphatic heterocycles. The summed E-state index contributed by atoms with van der Waals surface area (Å²) in [7, 11) is 0. The molecule has 0 spiro atoms. The number of aliphatic hydroxyl groups excluding tert-OH is 1. The summed E-state index contributed by atoms with van der Waals surface area (Å²) >= 11 is 0. The number of hydrogen-bond donors (Lipinski definition) is 1. The van der Waals surface area contributed by atoms with Gasteiger partial charge in [-0.3, -0.25) is 0 Å². The first-order valence-corrected chi connectivity index (χ1v) is 5.68. The summed E-state index contributed by atoms with van der Waals surface area (Å²) in [6.45, 7) is 12.7. The molecule has 0 saturated carbocycles. The first kappa shape index (κ1) is 15.4. The van der Waals surface area contributed by atoms with E-state index in [0.29, 0.717) is 19.8 Å². The molecule has 3 heteroatoms. The van der Waals surface area contributed by atoms with E-state index in [2.05, 4.69) is 13.2 Å². The van der Waals surface area contributed by atoms with Gasteiger partial charge in [-0.25, -0.2) is 0 Å². The van der Waals surface area contributed by atoms with E-state index < -0.39 is 0 Å². The van der Waals surface area contributed by atoms with E-state index in [0.717, 1.165) is 6.42 Å². The molecular weight excluding hydrogens is 204 g/mol. The van der Waals surface area contributed by atoms with Crippen LogP contribution in [0.25, 0.3) is 0 Å². The van der Waals surface area contributed by atoms with Crippen LogP contribution >= 0.6 is 0 Å². The van der Waals surface area contributed by atoms with Crippen LogP contribution in [0.15, 0.2) is 25.3 Å². The Labute approximate surface area is 98.8 Å². The number of rotatable bonds is 10. The summed E-state index contributed by atoms with van der Waals surface area (Å²) in [5, 5.41) is 9.53. The predicted molar refractivity (Wildman–Crippen MR) is 66.4 cm³/mol. The molecule has 2 unspecified atom stereocenters. The first-order chi connectivity index (χ1) is 7.66. The number of ether oxygens (including phenoxy) is 2. The molecule has 0 aromatic rings. The zero-order valence-electron chi connectivity index (χ0n) is 10.4. The van der Waals surface area contributed by atoms with Gasteiger partial charge in [-0.2, -0.15) is 0 Å². The van der Waals surface area contributed by atoms with E-state index in [1.54, 1.807) is 12.2 Å². The summed E-state index contributed by atoms with van der Waals surface area (Å²) in [6.07, 6.45) is 4.15. The minimum Gasteiger partial charge on any atom is -0.396 e. The van der Waals surface area contributed by atoms with E-state index in [1.807, 2.05) is 13.8 Å². The molecule has 2 atom stereocenters. The third-order valence-electron chi connectivity index (χ3n) is 2.97. The van der Waals surface area contributed by atoms with Crippen molar-refractivity contribution in [1.29, 1.82) is 0 Å². The van der Waals surface area contributed by atoms with Crippen molar-refractivity contribution in [2.45, 2.75) is 26.4 Å². The van der Waals surface area contributed by atoms with Crippen LogP contribution in [0.4, 0.5) is 0 Å². The lowest BCUT2D eigenvalue weighted by Crippen LogP contribution is -2.42. The average molecular weight is 228 g/mol. The van der Waals surface area contributed by atoms with Gasteiger partial charge in [-0.15, -0.1) is 13.2 Å². The molecule has 94 valence electrons. The smallest absolute Gasteiger partial charge is 0.0651 e. The van der Waals surface area contributed by atoms with Crippen molar-refractivity contribution >= 4 is 0 Å². The fourth-order valence-corrected chi connectivity index (χ4v) is 1.53. The van der Waals surface area contributed by atoms with Crippen molar-refractivity contribution in [2.75, 3.05) is 26.4 Å². The van der Waals surface area contributed by atoms with Crippen LogP contribution < -0.4 is 0 Å². The van der Waals surface area contributed by atoms with E-state index in [-0.39, 0.29) is 18.1 Å². The summed E-state index contributed by atoms with van der Waals surface area (Å²) < 4.78 is 11.0. The lowest BCUT2D eigenvalue weighted by atomic mass is 9.81. The molecule has 3 nitrogen and oxygen atoms in total. The Morgan fingerprint density at radius 3 is 2.38 bits per heavy atom. The van der Waals surface area contributed by atoms with Gasteiger partial charge in [0.15, 0.2) is 0 Å². The summed E-state index contributed by atoms with van der Waals surface area (Å²) in [4.78, 5) is 0. The fourth-order valence-electron chi connectivity index (χ4n) is 1.53. The maximum atomic E-state index is 9.53. The third-order valence-corrected chi connectivity index (χ3v) is 2.97. The Morgan fingerprint density at radius 2 is 1.94 bits per heavy atom. The van der Waals surface area contributed by atoms with Crippen molar-refractivity contribution in [2.24, 2.45) is 5.41 Å². The van der Waals surface area contributed by atoms with Crippen LogP contribution in [0, 0.1) is 5.41 Å². The van der Waals surface area contributed by atoms with Crippen molar-refractivity contribution < 1.29 is 14.6 Å². The average Bonchev–Trinajstić information content (AvgIpc) is 2.32. The molecular formula is C13H24O3.